The number of nitrogens with two attached hydrogens (primary N) is 1. The number of ketones is 1. The van der Waals surface area contributed by atoms with Crippen LogP contribution in [0.25, 0.3) is 0 Å². The predicted octanol–water partition coefficient (Wildman–Crippen LogP) is 3.22. The van der Waals surface area contributed by atoms with E-state index < -0.39 is 26.8 Å². The van der Waals surface area contributed by atoms with E-state index in [4.69, 9.17) is 5.73 Å². The minimum Gasteiger partial charge on any atom is -0.369 e. The van der Waals surface area contributed by atoms with Crippen molar-refractivity contribution in [2.45, 2.75) is 76.2 Å². The summed E-state index contributed by atoms with van der Waals surface area (Å²) < 4.78 is 42.0. The maximum Gasteiger partial charge on any atom is 0.241 e. The fourth-order valence-electron chi connectivity index (χ4n) is 6.70. The molecule has 4 saturated carbocycles. The van der Waals surface area contributed by atoms with Gasteiger partial charge in [0.25, 0.3) is 0 Å². The van der Waals surface area contributed by atoms with Crippen LogP contribution in [0.1, 0.15) is 64.4 Å². The first kappa shape index (κ1) is 22.4. The number of rotatable bonds is 7. The summed E-state index contributed by atoms with van der Waals surface area (Å²) in [6.45, 7) is 4.64. The number of benzene rings is 1. The van der Waals surface area contributed by atoms with Crippen molar-refractivity contribution in [3.8, 4) is 0 Å². The van der Waals surface area contributed by atoms with E-state index in [-0.39, 0.29) is 28.4 Å². The molecule has 4 aliphatic carbocycles. The number of Topliss-reactive ketones (excluding diaryl/α,β-unsaturated/α-hetero) is 1. The molecule has 2 atom stereocenters. The van der Waals surface area contributed by atoms with Gasteiger partial charge < -0.3 is 5.73 Å². The van der Waals surface area contributed by atoms with Crippen molar-refractivity contribution in [2.24, 2.45) is 28.4 Å². The van der Waals surface area contributed by atoms with Crippen LogP contribution in [0.5, 0.6) is 0 Å². The second-order valence-electron chi connectivity index (χ2n) is 10.8. The molecule has 0 spiro atoms. The number of amides is 1. The smallest absolute Gasteiger partial charge is 0.241 e. The number of nitrogens with one attached hydrogen (secondary N) is 1. The Hall–Kier alpha value is -1.80. The average molecular weight is 451 g/mol. The Kier molecular flexibility index (Phi) is 5.13. The number of hydrogen-bond acceptors (Lipinski definition) is 4. The molecule has 6 nitrogen and oxygen atoms in total. The highest BCUT2D eigenvalue weighted by atomic mass is 32.2. The lowest BCUT2D eigenvalue weighted by molar-refractivity contribution is -0.158. The highest BCUT2D eigenvalue weighted by molar-refractivity contribution is 7.89. The summed E-state index contributed by atoms with van der Waals surface area (Å²) in [6, 6.07) is 3.70. The fraction of sp³-hybridized carbons (Fsp3) is 0.652. The molecule has 170 valence electrons. The molecule has 0 saturated heterocycles. The molecule has 0 radical (unpaired) electrons. The lowest BCUT2D eigenvalue weighted by atomic mass is 9.43. The van der Waals surface area contributed by atoms with Gasteiger partial charge in [-0.15, -0.1) is 0 Å². The molecule has 31 heavy (non-hydrogen) atoms. The molecular formula is C23H31FN2O4S. The zero-order valence-corrected chi connectivity index (χ0v) is 19.1. The zero-order chi connectivity index (χ0) is 22.8. The van der Waals surface area contributed by atoms with Crippen molar-refractivity contribution in [1.29, 1.82) is 0 Å². The van der Waals surface area contributed by atoms with Gasteiger partial charge in [0.15, 0.2) is 5.78 Å². The van der Waals surface area contributed by atoms with Crippen LogP contribution in [0.2, 0.25) is 0 Å². The molecule has 1 aromatic rings. The zero-order valence-electron chi connectivity index (χ0n) is 18.3. The highest BCUT2D eigenvalue weighted by Gasteiger charge is 2.60. The van der Waals surface area contributed by atoms with Crippen LogP contribution < -0.4 is 10.5 Å². The Morgan fingerprint density at radius 2 is 1.81 bits per heavy atom. The Morgan fingerprint density at radius 1 is 1.19 bits per heavy atom. The van der Waals surface area contributed by atoms with Gasteiger partial charge in [-0.05, 0) is 94.2 Å². The van der Waals surface area contributed by atoms with E-state index in [1.54, 1.807) is 20.8 Å². The fourth-order valence-corrected chi connectivity index (χ4v) is 8.11. The Labute approximate surface area is 183 Å². The summed E-state index contributed by atoms with van der Waals surface area (Å²) in [4.78, 5) is 25.4. The SMILES string of the molecule is Cc1ccc(S(=O)(=O)NC(C)(C)C(=O)CC23CC4CC(C2)CC(C(N)=O)(C4)C3)cc1F. The van der Waals surface area contributed by atoms with Gasteiger partial charge in [0.05, 0.1) is 15.8 Å². The van der Waals surface area contributed by atoms with Crippen molar-refractivity contribution < 1.29 is 22.4 Å². The van der Waals surface area contributed by atoms with Crippen molar-refractivity contribution in [2.75, 3.05) is 0 Å². The lowest BCUT2D eigenvalue weighted by Gasteiger charge is -2.61. The van der Waals surface area contributed by atoms with Gasteiger partial charge in [-0.2, -0.15) is 4.72 Å². The number of carbonyl (C=O) groups excluding carboxylic acids is 2. The average Bonchev–Trinajstić information content (AvgIpc) is 2.61. The largest absolute Gasteiger partial charge is 0.369 e. The first-order chi connectivity index (χ1) is 14.3. The molecule has 0 aromatic heterocycles. The van der Waals surface area contributed by atoms with Crippen LogP contribution in [-0.2, 0) is 19.6 Å². The summed E-state index contributed by atoms with van der Waals surface area (Å²) >= 11 is 0. The van der Waals surface area contributed by atoms with Gasteiger partial charge in [-0.3, -0.25) is 9.59 Å². The number of sulfonamides is 1. The maximum atomic E-state index is 13.9. The molecular weight excluding hydrogens is 419 g/mol. The summed E-state index contributed by atoms with van der Waals surface area (Å²) in [7, 11) is -4.08. The number of carbonyl (C=O) groups is 2. The molecule has 4 aliphatic rings. The Morgan fingerprint density at radius 3 is 2.35 bits per heavy atom. The van der Waals surface area contributed by atoms with Crippen LogP contribution in [0.3, 0.4) is 0 Å². The van der Waals surface area contributed by atoms with E-state index in [2.05, 4.69) is 4.72 Å². The lowest BCUT2D eigenvalue weighted by Crippen LogP contribution is -2.58. The van der Waals surface area contributed by atoms with Crippen LogP contribution in [0.4, 0.5) is 4.39 Å². The summed E-state index contributed by atoms with van der Waals surface area (Å²) in [5, 5.41) is 0. The number of hydrogen-bond donors (Lipinski definition) is 2. The predicted molar refractivity (Wildman–Crippen MR) is 114 cm³/mol. The Balaban J connectivity index is 1.54. The van der Waals surface area contributed by atoms with Gasteiger partial charge in [0.2, 0.25) is 15.9 Å². The third kappa shape index (κ3) is 3.93. The third-order valence-corrected chi connectivity index (χ3v) is 9.43. The Bertz CT molecular complexity index is 1040. The summed E-state index contributed by atoms with van der Waals surface area (Å²) in [6.07, 6.45) is 5.30. The second kappa shape index (κ2) is 7.10. The summed E-state index contributed by atoms with van der Waals surface area (Å²) in [5.41, 5.74) is 3.96. The van der Waals surface area contributed by atoms with Gasteiger partial charge in [-0.1, -0.05) is 6.07 Å². The molecule has 5 rings (SSSR count). The van der Waals surface area contributed by atoms with E-state index in [0.717, 1.165) is 38.2 Å². The third-order valence-electron chi connectivity index (χ3n) is 7.78. The van der Waals surface area contributed by atoms with Crippen molar-refractivity contribution >= 4 is 21.7 Å². The molecule has 1 aromatic carbocycles. The minimum atomic E-state index is -4.08. The van der Waals surface area contributed by atoms with Gasteiger partial charge in [0.1, 0.15) is 5.82 Å². The van der Waals surface area contributed by atoms with Crippen LogP contribution in [0.15, 0.2) is 23.1 Å². The highest BCUT2D eigenvalue weighted by Crippen LogP contribution is 2.66. The molecule has 8 heteroatoms. The monoisotopic (exact) mass is 450 g/mol. The van der Waals surface area contributed by atoms with Gasteiger partial charge >= 0.3 is 0 Å². The summed E-state index contributed by atoms with van der Waals surface area (Å²) in [5.74, 6) is -0.295. The van der Waals surface area contributed by atoms with Crippen LogP contribution >= 0.6 is 0 Å². The number of primary amides is 1. The molecule has 3 N–H and O–H groups in total. The first-order valence-electron chi connectivity index (χ1n) is 10.9. The quantitative estimate of drug-likeness (QED) is 0.665. The van der Waals surface area contributed by atoms with E-state index in [1.807, 2.05) is 0 Å². The molecule has 0 heterocycles. The van der Waals surface area contributed by atoms with Crippen molar-refractivity contribution in [3.63, 3.8) is 0 Å². The van der Waals surface area contributed by atoms with Crippen molar-refractivity contribution in [1.82, 2.24) is 4.72 Å². The number of halogens is 1. The molecule has 2 unspecified atom stereocenters. The van der Waals surface area contributed by atoms with Crippen molar-refractivity contribution in [3.05, 3.63) is 29.6 Å². The topological polar surface area (TPSA) is 106 Å². The standard InChI is InChI=1S/C23H31FN2O4S/c1-14-4-5-17(7-18(14)24)31(29,30)26-21(2,3)19(27)12-22-8-15-6-16(9-22)11-23(10-15,13-22)20(25)28/h4-5,7,15-16,26H,6,8-13H2,1-3H3,(H2,25,28). The molecule has 4 fully saturated rings. The van der Waals surface area contributed by atoms with Crippen LogP contribution in [-0.4, -0.2) is 25.6 Å². The van der Waals surface area contributed by atoms with Crippen LogP contribution in [0, 0.1) is 35.4 Å². The van der Waals surface area contributed by atoms with Gasteiger partial charge in [-0.25, -0.2) is 12.8 Å². The molecule has 0 aliphatic heterocycles. The molecule has 4 bridgehead atoms. The van der Waals surface area contributed by atoms with E-state index in [0.29, 0.717) is 23.8 Å². The van der Waals surface area contributed by atoms with E-state index in [1.165, 1.54) is 12.1 Å². The molecule has 1 amide bonds. The number of aryl methyl sites for hydroxylation is 1. The maximum absolute atomic E-state index is 13.9. The normalized spacial score (nSPS) is 32.3. The van der Waals surface area contributed by atoms with E-state index in [9.17, 15) is 22.4 Å². The minimum absolute atomic E-state index is 0.209. The van der Waals surface area contributed by atoms with E-state index >= 15 is 0 Å². The first-order valence-corrected chi connectivity index (χ1v) is 12.4. The van der Waals surface area contributed by atoms with Gasteiger partial charge in [0, 0.05) is 6.42 Å². The second-order valence-corrected chi connectivity index (χ2v) is 12.5.